The third-order valence-electron chi connectivity index (χ3n) is 2.47. The third-order valence-corrected chi connectivity index (χ3v) is 2.75. The topological polar surface area (TPSA) is 29.5 Å². The zero-order valence-electron chi connectivity index (χ0n) is 10.1. The Kier molecular flexibility index (Phi) is 4.24. The molecule has 0 aromatic heterocycles. The monoisotopic (exact) mass is 239 g/mol. The van der Waals surface area contributed by atoms with Gasteiger partial charge in [0.25, 0.3) is 0 Å². The van der Waals surface area contributed by atoms with E-state index in [1.165, 1.54) is 0 Å². The molecule has 0 spiro atoms. The normalized spacial score (nSPS) is 10.1. The number of amides is 1. The van der Waals surface area contributed by atoms with E-state index < -0.39 is 0 Å². The van der Waals surface area contributed by atoms with Crippen molar-refractivity contribution in [1.29, 1.82) is 0 Å². The van der Waals surface area contributed by atoms with Crippen LogP contribution in [0, 0.1) is 13.8 Å². The van der Waals surface area contributed by atoms with Crippen molar-refractivity contribution in [2.24, 2.45) is 0 Å². The molecule has 1 rings (SSSR count). The molecule has 1 aromatic carbocycles. The molecule has 0 fully saturated rings. The molecule has 16 heavy (non-hydrogen) atoms. The smallest absolute Gasteiger partial charge is 0.236 e. The number of carbonyl (C=O) groups is 1. The molecule has 3 nitrogen and oxygen atoms in total. The molecule has 0 aliphatic heterocycles. The van der Waals surface area contributed by atoms with E-state index in [9.17, 15) is 4.79 Å². The summed E-state index contributed by atoms with van der Waals surface area (Å²) in [5.41, 5.74) is 2.95. The van der Waals surface area contributed by atoms with Gasteiger partial charge in [-0.3, -0.25) is 4.79 Å². The Morgan fingerprint density at radius 2 is 2.06 bits per heavy atom. The van der Waals surface area contributed by atoms with Crippen molar-refractivity contribution >= 4 is 24.2 Å². The number of ether oxygens (including phenoxy) is 1. The molecule has 88 valence electrons. The molecule has 0 saturated heterocycles. The number of anilines is 1. The summed E-state index contributed by atoms with van der Waals surface area (Å²) in [6, 6.07) is 3.95. The van der Waals surface area contributed by atoms with Gasteiger partial charge in [0.2, 0.25) is 5.91 Å². The van der Waals surface area contributed by atoms with Gasteiger partial charge in [-0.1, -0.05) is 6.07 Å². The van der Waals surface area contributed by atoms with Crippen LogP contribution in [0.2, 0.25) is 0 Å². The Morgan fingerprint density at radius 1 is 1.44 bits per heavy atom. The summed E-state index contributed by atoms with van der Waals surface area (Å²) in [7, 11) is 3.34. The molecule has 0 aliphatic rings. The SMILES string of the molecule is COc1cc(C)cc(C)c1N(C)C(=O)CS. The highest BCUT2D eigenvalue weighted by molar-refractivity contribution is 7.81. The zero-order valence-corrected chi connectivity index (χ0v) is 11.0. The van der Waals surface area contributed by atoms with Crippen LogP contribution in [0.1, 0.15) is 11.1 Å². The fourth-order valence-electron chi connectivity index (χ4n) is 1.74. The number of nitrogens with zero attached hydrogens (tertiary/aromatic N) is 1. The first-order chi connectivity index (χ1) is 7.51. The summed E-state index contributed by atoms with van der Waals surface area (Å²) in [6.45, 7) is 3.97. The van der Waals surface area contributed by atoms with E-state index in [4.69, 9.17) is 4.74 Å². The zero-order chi connectivity index (χ0) is 12.3. The summed E-state index contributed by atoms with van der Waals surface area (Å²) in [4.78, 5) is 13.2. The average Bonchev–Trinajstić information content (AvgIpc) is 2.26. The van der Waals surface area contributed by atoms with Crippen LogP contribution in [-0.4, -0.2) is 25.8 Å². The highest BCUT2D eigenvalue weighted by Crippen LogP contribution is 2.32. The van der Waals surface area contributed by atoms with E-state index in [0.717, 1.165) is 22.6 Å². The van der Waals surface area contributed by atoms with E-state index in [-0.39, 0.29) is 11.7 Å². The predicted octanol–water partition coefficient (Wildman–Crippen LogP) is 2.20. The van der Waals surface area contributed by atoms with Crippen molar-refractivity contribution in [3.8, 4) is 5.75 Å². The van der Waals surface area contributed by atoms with Gasteiger partial charge in [-0.05, 0) is 31.0 Å². The minimum atomic E-state index is -0.0476. The van der Waals surface area contributed by atoms with E-state index >= 15 is 0 Å². The van der Waals surface area contributed by atoms with Crippen LogP contribution in [0.4, 0.5) is 5.69 Å². The lowest BCUT2D eigenvalue weighted by molar-refractivity contribution is -0.115. The van der Waals surface area contributed by atoms with Crippen molar-refractivity contribution in [1.82, 2.24) is 0 Å². The number of aryl methyl sites for hydroxylation is 2. The molecule has 4 heteroatoms. The van der Waals surface area contributed by atoms with E-state index in [0.29, 0.717) is 0 Å². The van der Waals surface area contributed by atoms with Crippen LogP contribution in [0.5, 0.6) is 5.75 Å². The molecule has 0 atom stereocenters. The van der Waals surface area contributed by atoms with Crippen molar-refractivity contribution in [2.45, 2.75) is 13.8 Å². The second-order valence-electron chi connectivity index (χ2n) is 3.74. The molecule has 0 saturated carbocycles. The van der Waals surface area contributed by atoms with Crippen molar-refractivity contribution in [2.75, 3.05) is 24.8 Å². The molecule has 0 N–H and O–H groups in total. The van der Waals surface area contributed by atoms with Gasteiger partial charge < -0.3 is 9.64 Å². The molecule has 1 amide bonds. The lowest BCUT2D eigenvalue weighted by Gasteiger charge is -2.22. The average molecular weight is 239 g/mol. The maximum atomic E-state index is 11.6. The van der Waals surface area contributed by atoms with Crippen molar-refractivity contribution in [3.63, 3.8) is 0 Å². The summed E-state index contributed by atoms with van der Waals surface area (Å²) in [6.07, 6.45) is 0. The van der Waals surface area contributed by atoms with Gasteiger partial charge in [-0.15, -0.1) is 0 Å². The first-order valence-electron chi connectivity index (χ1n) is 5.04. The van der Waals surface area contributed by atoms with Gasteiger partial charge in [0.15, 0.2) is 0 Å². The van der Waals surface area contributed by atoms with Gasteiger partial charge in [0.05, 0.1) is 18.6 Å². The molecular weight excluding hydrogens is 222 g/mol. The van der Waals surface area contributed by atoms with E-state index in [1.807, 2.05) is 26.0 Å². The predicted molar refractivity (Wildman–Crippen MR) is 69.7 cm³/mol. The maximum absolute atomic E-state index is 11.6. The number of hydrogen-bond acceptors (Lipinski definition) is 3. The quantitative estimate of drug-likeness (QED) is 0.819. The van der Waals surface area contributed by atoms with Crippen LogP contribution in [0.25, 0.3) is 0 Å². The summed E-state index contributed by atoms with van der Waals surface area (Å²) >= 11 is 3.99. The number of carbonyl (C=O) groups excluding carboxylic acids is 1. The second kappa shape index (κ2) is 5.25. The molecule has 0 bridgehead atoms. The Bertz CT molecular complexity index is 404. The fourth-order valence-corrected chi connectivity index (χ4v) is 1.95. The number of methoxy groups -OCH3 is 1. The van der Waals surface area contributed by atoms with E-state index in [2.05, 4.69) is 12.6 Å². The number of rotatable bonds is 3. The number of thiol groups is 1. The second-order valence-corrected chi connectivity index (χ2v) is 4.06. The van der Waals surface area contributed by atoms with Crippen LogP contribution < -0.4 is 9.64 Å². The van der Waals surface area contributed by atoms with Gasteiger partial charge in [-0.2, -0.15) is 12.6 Å². The number of benzene rings is 1. The van der Waals surface area contributed by atoms with Crippen molar-refractivity contribution in [3.05, 3.63) is 23.3 Å². The van der Waals surface area contributed by atoms with Crippen LogP contribution in [0.15, 0.2) is 12.1 Å². The Hall–Kier alpha value is -1.16. The Morgan fingerprint density at radius 3 is 2.56 bits per heavy atom. The van der Waals surface area contributed by atoms with Gasteiger partial charge >= 0.3 is 0 Å². The molecular formula is C12H17NO2S. The summed E-state index contributed by atoms with van der Waals surface area (Å²) in [5, 5.41) is 0. The highest BCUT2D eigenvalue weighted by Gasteiger charge is 2.16. The maximum Gasteiger partial charge on any atom is 0.236 e. The van der Waals surface area contributed by atoms with Gasteiger partial charge in [-0.25, -0.2) is 0 Å². The molecule has 0 aliphatic carbocycles. The summed E-state index contributed by atoms with van der Waals surface area (Å²) < 4.78 is 5.30. The first kappa shape index (κ1) is 12.9. The lowest BCUT2D eigenvalue weighted by atomic mass is 10.1. The molecule has 0 radical (unpaired) electrons. The molecule has 1 aromatic rings. The fraction of sp³-hybridized carbons (Fsp3) is 0.417. The Balaban J connectivity index is 3.26. The Labute approximate surface area is 102 Å². The number of hydrogen-bond donors (Lipinski definition) is 1. The minimum absolute atomic E-state index is 0.0476. The molecule has 0 unspecified atom stereocenters. The van der Waals surface area contributed by atoms with Crippen molar-refractivity contribution < 1.29 is 9.53 Å². The molecule has 0 heterocycles. The largest absolute Gasteiger partial charge is 0.495 e. The van der Waals surface area contributed by atoms with Crippen LogP contribution in [0.3, 0.4) is 0 Å². The highest BCUT2D eigenvalue weighted by atomic mass is 32.1. The van der Waals surface area contributed by atoms with Gasteiger partial charge in [0.1, 0.15) is 5.75 Å². The van der Waals surface area contributed by atoms with Gasteiger partial charge in [0, 0.05) is 7.05 Å². The first-order valence-corrected chi connectivity index (χ1v) is 5.67. The minimum Gasteiger partial charge on any atom is -0.495 e. The van der Waals surface area contributed by atoms with E-state index in [1.54, 1.807) is 19.1 Å². The third kappa shape index (κ3) is 2.50. The summed E-state index contributed by atoms with van der Waals surface area (Å²) in [5.74, 6) is 0.858. The lowest BCUT2D eigenvalue weighted by Crippen LogP contribution is -2.28. The van der Waals surface area contributed by atoms with Crippen LogP contribution in [-0.2, 0) is 4.79 Å². The van der Waals surface area contributed by atoms with Crippen LogP contribution >= 0.6 is 12.6 Å². The standard InChI is InChI=1S/C12H17NO2S/c1-8-5-9(2)12(10(6-8)15-4)13(3)11(14)7-16/h5-6,16H,7H2,1-4H3.